The lowest BCUT2D eigenvalue weighted by Crippen LogP contribution is -2.07. The SMILES string of the molecule is CC(C)n1ncc(CNO)c1Cl. The van der Waals surface area contributed by atoms with Crippen LogP contribution in [0.2, 0.25) is 5.15 Å². The zero-order valence-corrected chi connectivity index (χ0v) is 7.84. The van der Waals surface area contributed by atoms with Crippen molar-refractivity contribution in [3.63, 3.8) is 0 Å². The molecule has 12 heavy (non-hydrogen) atoms. The molecule has 0 amide bonds. The number of halogens is 1. The van der Waals surface area contributed by atoms with Crippen LogP contribution in [0.3, 0.4) is 0 Å². The highest BCUT2D eigenvalue weighted by Gasteiger charge is 2.09. The second-order valence-electron chi connectivity index (χ2n) is 2.83. The molecule has 5 heteroatoms. The maximum absolute atomic E-state index is 8.45. The van der Waals surface area contributed by atoms with Gasteiger partial charge in [0.15, 0.2) is 0 Å². The Balaban J connectivity index is 2.88. The summed E-state index contributed by atoms with van der Waals surface area (Å²) >= 11 is 5.95. The van der Waals surface area contributed by atoms with Crippen molar-refractivity contribution in [1.82, 2.24) is 15.3 Å². The predicted octanol–water partition coefficient (Wildman–Crippen LogP) is 1.60. The van der Waals surface area contributed by atoms with Crippen LogP contribution in [-0.2, 0) is 6.54 Å². The Kier molecular flexibility index (Phi) is 3.08. The lowest BCUT2D eigenvalue weighted by molar-refractivity contribution is 0.161. The van der Waals surface area contributed by atoms with Crippen molar-refractivity contribution >= 4 is 11.6 Å². The number of hydrogen-bond donors (Lipinski definition) is 2. The van der Waals surface area contributed by atoms with E-state index in [2.05, 4.69) is 5.10 Å². The van der Waals surface area contributed by atoms with Crippen molar-refractivity contribution in [3.05, 3.63) is 16.9 Å². The van der Waals surface area contributed by atoms with Crippen molar-refractivity contribution in [3.8, 4) is 0 Å². The van der Waals surface area contributed by atoms with Crippen LogP contribution in [0.4, 0.5) is 0 Å². The number of hydrogen-bond acceptors (Lipinski definition) is 3. The largest absolute Gasteiger partial charge is 0.316 e. The van der Waals surface area contributed by atoms with Crippen LogP contribution < -0.4 is 5.48 Å². The molecule has 0 spiro atoms. The first-order chi connectivity index (χ1) is 5.66. The summed E-state index contributed by atoms with van der Waals surface area (Å²) in [4.78, 5) is 0. The first kappa shape index (κ1) is 9.51. The average Bonchev–Trinajstić information content (AvgIpc) is 2.34. The smallest absolute Gasteiger partial charge is 0.131 e. The van der Waals surface area contributed by atoms with Gasteiger partial charge in [-0.15, -0.1) is 0 Å². The molecule has 1 aromatic heterocycles. The molecule has 2 N–H and O–H groups in total. The van der Waals surface area contributed by atoms with Gasteiger partial charge in [-0.2, -0.15) is 5.10 Å². The number of nitrogens with zero attached hydrogens (tertiary/aromatic N) is 2. The molecule has 0 saturated heterocycles. The summed E-state index contributed by atoms with van der Waals surface area (Å²) in [5.74, 6) is 0. The molecule has 0 saturated carbocycles. The van der Waals surface area contributed by atoms with Crippen molar-refractivity contribution in [2.75, 3.05) is 0 Å². The highest BCUT2D eigenvalue weighted by Crippen LogP contribution is 2.18. The van der Waals surface area contributed by atoms with Crippen LogP contribution in [0.1, 0.15) is 25.5 Å². The molecule has 1 heterocycles. The lowest BCUT2D eigenvalue weighted by atomic mass is 10.3. The van der Waals surface area contributed by atoms with E-state index in [0.29, 0.717) is 11.7 Å². The monoisotopic (exact) mass is 189 g/mol. The van der Waals surface area contributed by atoms with Gasteiger partial charge in [-0.1, -0.05) is 11.6 Å². The van der Waals surface area contributed by atoms with Gasteiger partial charge < -0.3 is 5.21 Å². The van der Waals surface area contributed by atoms with Gasteiger partial charge in [-0.3, -0.25) is 4.68 Å². The summed E-state index contributed by atoms with van der Waals surface area (Å²) in [6.45, 7) is 4.32. The molecule has 0 bridgehead atoms. The van der Waals surface area contributed by atoms with E-state index in [4.69, 9.17) is 16.8 Å². The van der Waals surface area contributed by atoms with Gasteiger partial charge in [0.25, 0.3) is 0 Å². The highest BCUT2D eigenvalue weighted by atomic mass is 35.5. The first-order valence-electron chi connectivity index (χ1n) is 3.75. The average molecular weight is 190 g/mol. The van der Waals surface area contributed by atoms with E-state index in [1.807, 2.05) is 19.3 Å². The third kappa shape index (κ3) is 1.77. The summed E-state index contributed by atoms with van der Waals surface area (Å²) in [5, 5.41) is 13.1. The minimum atomic E-state index is 0.241. The van der Waals surface area contributed by atoms with Gasteiger partial charge in [0.2, 0.25) is 0 Å². The van der Waals surface area contributed by atoms with E-state index in [9.17, 15) is 0 Å². The fraction of sp³-hybridized carbons (Fsp3) is 0.571. The highest BCUT2D eigenvalue weighted by molar-refractivity contribution is 6.30. The summed E-state index contributed by atoms with van der Waals surface area (Å²) in [6, 6.07) is 0.241. The topological polar surface area (TPSA) is 50.1 Å². The second kappa shape index (κ2) is 3.89. The van der Waals surface area contributed by atoms with Crippen LogP contribution in [-0.4, -0.2) is 15.0 Å². The number of nitrogens with one attached hydrogen (secondary N) is 1. The number of aromatic nitrogens is 2. The zero-order valence-electron chi connectivity index (χ0n) is 7.08. The normalized spacial score (nSPS) is 11.1. The predicted molar refractivity (Wildman–Crippen MR) is 46.2 cm³/mol. The van der Waals surface area contributed by atoms with E-state index in [1.54, 1.807) is 10.9 Å². The van der Waals surface area contributed by atoms with E-state index in [1.165, 1.54) is 0 Å². The Morgan fingerprint density at radius 2 is 2.42 bits per heavy atom. The molecule has 0 fully saturated rings. The van der Waals surface area contributed by atoms with Crippen LogP contribution >= 0.6 is 11.6 Å². The van der Waals surface area contributed by atoms with Crippen LogP contribution in [0.25, 0.3) is 0 Å². The minimum absolute atomic E-state index is 0.241. The molecule has 0 aliphatic rings. The second-order valence-corrected chi connectivity index (χ2v) is 3.19. The molecule has 68 valence electrons. The molecular weight excluding hydrogens is 178 g/mol. The Labute approximate surface area is 76.1 Å². The fourth-order valence-electron chi connectivity index (χ4n) is 0.947. The quantitative estimate of drug-likeness (QED) is 0.711. The molecule has 1 rings (SSSR count). The van der Waals surface area contributed by atoms with Crippen LogP contribution in [0, 0.1) is 0 Å². The van der Waals surface area contributed by atoms with Crippen molar-refractivity contribution < 1.29 is 5.21 Å². The molecule has 0 radical (unpaired) electrons. The van der Waals surface area contributed by atoms with Gasteiger partial charge in [0, 0.05) is 11.6 Å². The zero-order chi connectivity index (χ0) is 9.14. The Hall–Kier alpha value is -0.580. The molecule has 0 aliphatic carbocycles. The van der Waals surface area contributed by atoms with Gasteiger partial charge in [0.1, 0.15) is 5.15 Å². The Morgan fingerprint density at radius 1 is 1.75 bits per heavy atom. The molecule has 0 aromatic carbocycles. The molecule has 0 unspecified atom stereocenters. The van der Waals surface area contributed by atoms with E-state index in [0.717, 1.165) is 5.56 Å². The lowest BCUT2D eigenvalue weighted by Gasteiger charge is -2.06. The summed E-state index contributed by atoms with van der Waals surface area (Å²) in [6.07, 6.45) is 1.64. The van der Waals surface area contributed by atoms with Gasteiger partial charge in [-0.25, -0.2) is 5.48 Å². The third-order valence-corrected chi connectivity index (χ3v) is 1.98. The van der Waals surface area contributed by atoms with Crippen molar-refractivity contribution in [2.45, 2.75) is 26.4 Å². The minimum Gasteiger partial charge on any atom is -0.316 e. The maximum atomic E-state index is 8.45. The standard InChI is InChI=1S/C7H12ClN3O/c1-5(2)11-7(8)6(3-9-11)4-10-12/h3,5,10,12H,4H2,1-2H3. The molecule has 0 atom stereocenters. The van der Waals surface area contributed by atoms with Gasteiger partial charge in [-0.05, 0) is 13.8 Å². The summed E-state index contributed by atoms with van der Waals surface area (Å²) in [5.41, 5.74) is 2.84. The fourth-order valence-corrected chi connectivity index (χ4v) is 1.30. The Bertz CT molecular complexity index is 259. The van der Waals surface area contributed by atoms with Crippen molar-refractivity contribution in [2.24, 2.45) is 0 Å². The van der Waals surface area contributed by atoms with Crippen LogP contribution in [0.15, 0.2) is 6.20 Å². The summed E-state index contributed by atoms with van der Waals surface area (Å²) in [7, 11) is 0. The maximum Gasteiger partial charge on any atom is 0.131 e. The molecule has 4 nitrogen and oxygen atoms in total. The van der Waals surface area contributed by atoms with Crippen molar-refractivity contribution in [1.29, 1.82) is 0 Å². The summed E-state index contributed by atoms with van der Waals surface area (Å²) < 4.78 is 1.70. The first-order valence-corrected chi connectivity index (χ1v) is 4.13. The van der Waals surface area contributed by atoms with Gasteiger partial charge >= 0.3 is 0 Å². The van der Waals surface area contributed by atoms with Gasteiger partial charge in [0.05, 0.1) is 12.7 Å². The number of hydroxylamine groups is 1. The Morgan fingerprint density at radius 3 is 2.83 bits per heavy atom. The third-order valence-electron chi connectivity index (χ3n) is 1.56. The van der Waals surface area contributed by atoms with E-state index in [-0.39, 0.29) is 6.04 Å². The molecule has 0 aliphatic heterocycles. The molecular formula is C7H12ClN3O. The number of rotatable bonds is 3. The molecule has 1 aromatic rings. The van der Waals surface area contributed by atoms with E-state index < -0.39 is 0 Å². The van der Waals surface area contributed by atoms with Crippen LogP contribution in [0.5, 0.6) is 0 Å². The van der Waals surface area contributed by atoms with E-state index >= 15 is 0 Å².